The van der Waals surface area contributed by atoms with Gasteiger partial charge in [-0.2, -0.15) is 0 Å². The van der Waals surface area contributed by atoms with Crippen LogP contribution in [0.5, 0.6) is 0 Å². The molecule has 0 spiro atoms. The van der Waals surface area contributed by atoms with Crippen molar-refractivity contribution in [3.05, 3.63) is 35.9 Å². The van der Waals surface area contributed by atoms with E-state index in [2.05, 4.69) is 0 Å². The first-order valence-electron chi connectivity index (χ1n) is 6.08. The van der Waals surface area contributed by atoms with Gasteiger partial charge in [0.15, 0.2) is 0 Å². The second-order valence-electron chi connectivity index (χ2n) is 4.42. The summed E-state index contributed by atoms with van der Waals surface area (Å²) in [6.45, 7) is 4.54. The number of hydrogen-bond donors (Lipinski definition) is 1. The van der Waals surface area contributed by atoms with Crippen molar-refractivity contribution in [2.24, 2.45) is 11.7 Å². The predicted molar refractivity (Wildman–Crippen MR) is 68.4 cm³/mol. The average molecular weight is 235 g/mol. The van der Waals surface area contributed by atoms with Crippen molar-refractivity contribution in [3.63, 3.8) is 0 Å². The largest absolute Gasteiger partial charge is 0.458 e. The van der Waals surface area contributed by atoms with Gasteiger partial charge in [0, 0.05) is 6.42 Å². The fraction of sp³-hybridized carbons (Fsp3) is 0.500. The fourth-order valence-electron chi connectivity index (χ4n) is 1.53. The number of ether oxygens (including phenoxy) is 1. The molecule has 0 amide bonds. The van der Waals surface area contributed by atoms with Gasteiger partial charge in [0.25, 0.3) is 0 Å². The highest BCUT2D eigenvalue weighted by Crippen LogP contribution is 2.17. The smallest absolute Gasteiger partial charge is 0.306 e. The second-order valence-corrected chi connectivity index (χ2v) is 4.42. The van der Waals surface area contributed by atoms with Crippen LogP contribution in [0.25, 0.3) is 0 Å². The van der Waals surface area contributed by atoms with Gasteiger partial charge in [-0.1, -0.05) is 37.3 Å². The lowest BCUT2D eigenvalue weighted by atomic mass is 10.1. The molecule has 0 fully saturated rings. The molecule has 17 heavy (non-hydrogen) atoms. The molecule has 0 aliphatic rings. The quantitative estimate of drug-likeness (QED) is 0.771. The average Bonchev–Trinajstić information content (AvgIpc) is 2.36. The number of hydrogen-bond acceptors (Lipinski definition) is 3. The van der Waals surface area contributed by atoms with E-state index in [1.54, 1.807) is 0 Å². The molecule has 0 saturated heterocycles. The van der Waals surface area contributed by atoms with Gasteiger partial charge in [-0.05, 0) is 31.4 Å². The minimum atomic E-state index is -0.183. The van der Waals surface area contributed by atoms with Crippen molar-refractivity contribution in [1.82, 2.24) is 0 Å². The van der Waals surface area contributed by atoms with Crippen LogP contribution in [0.3, 0.4) is 0 Å². The van der Waals surface area contributed by atoms with E-state index in [-0.39, 0.29) is 12.1 Å². The summed E-state index contributed by atoms with van der Waals surface area (Å²) in [6.07, 6.45) is 1.05. The summed E-state index contributed by atoms with van der Waals surface area (Å²) in [5.74, 6) is 0.219. The third kappa shape index (κ3) is 5.00. The van der Waals surface area contributed by atoms with Crippen molar-refractivity contribution in [3.8, 4) is 0 Å². The van der Waals surface area contributed by atoms with Crippen molar-refractivity contribution < 1.29 is 9.53 Å². The summed E-state index contributed by atoms with van der Waals surface area (Å²) in [4.78, 5) is 11.6. The van der Waals surface area contributed by atoms with Crippen molar-refractivity contribution in [2.75, 3.05) is 6.54 Å². The Kier molecular flexibility index (Phi) is 5.70. The maximum atomic E-state index is 11.6. The monoisotopic (exact) mass is 235 g/mol. The van der Waals surface area contributed by atoms with Crippen LogP contribution >= 0.6 is 0 Å². The van der Waals surface area contributed by atoms with Crippen molar-refractivity contribution in [1.29, 1.82) is 0 Å². The molecule has 0 radical (unpaired) electrons. The zero-order valence-corrected chi connectivity index (χ0v) is 10.6. The third-order valence-corrected chi connectivity index (χ3v) is 2.82. The lowest BCUT2D eigenvalue weighted by molar-refractivity contribution is -0.148. The normalized spacial score (nSPS) is 14.1. The number of rotatable bonds is 6. The molecular weight excluding hydrogens is 214 g/mol. The van der Waals surface area contributed by atoms with Crippen LogP contribution in [0.4, 0.5) is 0 Å². The number of esters is 1. The zero-order valence-electron chi connectivity index (χ0n) is 10.6. The molecule has 2 atom stereocenters. The predicted octanol–water partition coefficient (Wildman–Crippen LogP) is 2.67. The first-order valence-corrected chi connectivity index (χ1v) is 6.08. The third-order valence-electron chi connectivity index (χ3n) is 2.82. The minimum Gasteiger partial charge on any atom is -0.458 e. The molecule has 0 aliphatic heterocycles. The maximum absolute atomic E-state index is 11.6. The molecule has 3 heteroatoms. The van der Waals surface area contributed by atoms with Crippen LogP contribution < -0.4 is 5.73 Å². The summed E-state index contributed by atoms with van der Waals surface area (Å²) in [5.41, 5.74) is 6.52. The van der Waals surface area contributed by atoms with Gasteiger partial charge >= 0.3 is 5.97 Å². The van der Waals surface area contributed by atoms with E-state index in [0.29, 0.717) is 18.9 Å². The highest BCUT2D eigenvalue weighted by atomic mass is 16.5. The fourth-order valence-corrected chi connectivity index (χ4v) is 1.53. The van der Waals surface area contributed by atoms with E-state index < -0.39 is 0 Å². The van der Waals surface area contributed by atoms with Gasteiger partial charge < -0.3 is 10.5 Å². The van der Waals surface area contributed by atoms with Crippen molar-refractivity contribution in [2.45, 2.75) is 32.8 Å². The lowest BCUT2D eigenvalue weighted by Crippen LogP contribution is -2.14. The Hall–Kier alpha value is -1.35. The number of benzene rings is 1. The maximum Gasteiger partial charge on any atom is 0.306 e. The molecule has 1 aromatic carbocycles. The Morgan fingerprint density at radius 2 is 1.94 bits per heavy atom. The lowest BCUT2D eigenvalue weighted by Gasteiger charge is -2.14. The van der Waals surface area contributed by atoms with Crippen LogP contribution in [0.1, 0.15) is 38.4 Å². The SMILES string of the molecule is CC(CN)CCC(=O)OC(C)c1ccccc1. The van der Waals surface area contributed by atoms with Crippen LogP contribution in [-0.2, 0) is 9.53 Å². The van der Waals surface area contributed by atoms with Gasteiger partial charge in [-0.3, -0.25) is 4.79 Å². The molecule has 1 aromatic rings. The number of carbonyl (C=O) groups is 1. The molecule has 1 rings (SSSR count). The van der Waals surface area contributed by atoms with E-state index in [0.717, 1.165) is 12.0 Å². The van der Waals surface area contributed by atoms with Crippen LogP contribution in [0, 0.1) is 5.92 Å². The molecule has 0 heterocycles. The molecule has 0 aromatic heterocycles. The summed E-state index contributed by atoms with van der Waals surface area (Å²) in [7, 11) is 0. The van der Waals surface area contributed by atoms with Gasteiger partial charge in [-0.15, -0.1) is 0 Å². The van der Waals surface area contributed by atoms with E-state index >= 15 is 0 Å². The standard InChI is InChI=1S/C14H21NO2/c1-11(10-15)8-9-14(16)17-12(2)13-6-4-3-5-7-13/h3-7,11-12H,8-10,15H2,1-2H3. The molecule has 94 valence electrons. The van der Waals surface area contributed by atoms with Crippen molar-refractivity contribution >= 4 is 5.97 Å². The molecule has 0 saturated carbocycles. The van der Waals surface area contributed by atoms with E-state index in [9.17, 15) is 4.79 Å². The van der Waals surface area contributed by atoms with E-state index in [1.807, 2.05) is 44.2 Å². The highest BCUT2D eigenvalue weighted by Gasteiger charge is 2.12. The Morgan fingerprint density at radius 1 is 1.29 bits per heavy atom. The molecule has 0 bridgehead atoms. The summed E-state index contributed by atoms with van der Waals surface area (Å²) < 4.78 is 5.35. The minimum absolute atomic E-state index is 0.151. The van der Waals surface area contributed by atoms with Gasteiger partial charge in [0.05, 0.1) is 0 Å². The molecule has 2 N–H and O–H groups in total. The Labute approximate surface area is 103 Å². The van der Waals surface area contributed by atoms with Crippen LogP contribution in [0.2, 0.25) is 0 Å². The van der Waals surface area contributed by atoms with Crippen LogP contribution in [0.15, 0.2) is 30.3 Å². The topological polar surface area (TPSA) is 52.3 Å². The molecule has 2 unspecified atom stereocenters. The van der Waals surface area contributed by atoms with E-state index in [4.69, 9.17) is 10.5 Å². The second kappa shape index (κ2) is 7.07. The summed E-state index contributed by atoms with van der Waals surface area (Å²) in [6, 6.07) is 9.74. The van der Waals surface area contributed by atoms with Crippen LogP contribution in [-0.4, -0.2) is 12.5 Å². The molecular formula is C14H21NO2. The Bertz CT molecular complexity index is 337. The first-order chi connectivity index (χ1) is 8.13. The Morgan fingerprint density at radius 3 is 2.53 bits per heavy atom. The van der Waals surface area contributed by atoms with E-state index in [1.165, 1.54) is 0 Å². The first kappa shape index (κ1) is 13.7. The van der Waals surface area contributed by atoms with Gasteiger partial charge in [-0.25, -0.2) is 0 Å². The molecule has 0 aliphatic carbocycles. The Balaban J connectivity index is 2.36. The number of carbonyl (C=O) groups excluding carboxylic acids is 1. The number of nitrogens with two attached hydrogens (primary N) is 1. The van der Waals surface area contributed by atoms with Gasteiger partial charge in [0.2, 0.25) is 0 Å². The molecule has 3 nitrogen and oxygen atoms in total. The highest BCUT2D eigenvalue weighted by molar-refractivity contribution is 5.69. The zero-order chi connectivity index (χ0) is 12.7. The summed E-state index contributed by atoms with van der Waals surface area (Å²) in [5, 5.41) is 0. The van der Waals surface area contributed by atoms with Gasteiger partial charge in [0.1, 0.15) is 6.10 Å². The summed E-state index contributed by atoms with van der Waals surface area (Å²) >= 11 is 0.